The van der Waals surface area contributed by atoms with E-state index in [1.54, 1.807) is 30.3 Å². The van der Waals surface area contributed by atoms with Gasteiger partial charge in [-0.25, -0.2) is 17.5 Å². The van der Waals surface area contributed by atoms with E-state index in [0.717, 1.165) is 11.1 Å². The summed E-state index contributed by atoms with van der Waals surface area (Å²) in [7, 11) is -3.38. The Kier molecular flexibility index (Phi) is 5.33. The van der Waals surface area contributed by atoms with Gasteiger partial charge in [-0.2, -0.15) is 0 Å². The highest BCUT2D eigenvalue weighted by Crippen LogP contribution is 2.16. The lowest BCUT2D eigenvalue weighted by Gasteiger charge is -2.07. The number of hydrogen-bond donors (Lipinski definition) is 1. The van der Waals surface area contributed by atoms with Crippen molar-refractivity contribution in [2.75, 3.05) is 6.54 Å². The average molecular weight is 328 g/mol. The van der Waals surface area contributed by atoms with E-state index >= 15 is 0 Å². The zero-order valence-corrected chi connectivity index (χ0v) is 12.8. The Morgan fingerprint density at radius 3 is 2.43 bits per heavy atom. The summed E-state index contributed by atoms with van der Waals surface area (Å²) < 4.78 is 39.4. The van der Waals surface area contributed by atoms with Crippen LogP contribution in [0.15, 0.2) is 48.5 Å². The van der Waals surface area contributed by atoms with Crippen LogP contribution in [0.25, 0.3) is 0 Å². The maximum Gasteiger partial charge on any atom is 0.215 e. The summed E-state index contributed by atoms with van der Waals surface area (Å²) in [5.74, 6) is -0.539. The average Bonchev–Trinajstić information content (AvgIpc) is 2.43. The molecule has 112 valence electrons. The third-order valence-electron chi connectivity index (χ3n) is 2.92. The number of rotatable bonds is 6. The molecule has 2 aromatic rings. The first-order valence-corrected chi connectivity index (χ1v) is 8.44. The zero-order valence-electron chi connectivity index (χ0n) is 11.2. The highest BCUT2D eigenvalue weighted by Gasteiger charge is 2.10. The number of halogens is 2. The standard InChI is InChI=1S/C15H15ClFNO2S/c16-14-10-12(6-7-15(14)17)8-9-18-21(19,20)11-13-4-2-1-3-5-13/h1-7,10,18H,8-9,11H2. The van der Waals surface area contributed by atoms with Gasteiger partial charge in [0.1, 0.15) is 5.82 Å². The molecule has 0 heterocycles. The predicted octanol–water partition coefficient (Wildman–Crippen LogP) is 3.14. The van der Waals surface area contributed by atoms with Crippen LogP contribution < -0.4 is 4.72 Å². The molecule has 3 nitrogen and oxygen atoms in total. The molecule has 0 saturated carbocycles. The van der Waals surface area contributed by atoms with Gasteiger partial charge in [0.2, 0.25) is 10.0 Å². The molecule has 0 fully saturated rings. The topological polar surface area (TPSA) is 46.2 Å². The van der Waals surface area contributed by atoms with Crippen molar-refractivity contribution in [2.24, 2.45) is 0 Å². The summed E-state index contributed by atoms with van der Waals surface area (Å²) in [5.41, 5.74) is 1.51. The Labute approximate surface area is 128 Å². The van der Waals surface area contributed by atoms with Crippen LogP contribution in [0, 0.1) is 5.82 Å². The largest absolute Gasteiger partial charge is 0.215 e. The maximum absolute atomic E-state index is 13.0. The fourth-order valence-electron chi connectivity index (χ4n) is 1.89. The second kappa shape index (κ2) is 7.02. The van der Waals surface area contributed by atoms with E-state index in [0.29, 0.717) is 6.42 Å². The van der Waals surface area contributed by atoms with E-state index in [4.69, 9.17) is 11.6 Å². The number of benzene rings is 2. The Morgan fingerprint density at radius 2 is 1.76 bits per heavy atom. The third-order valence-corrected chi connectivity index (χ3v) is 4.57. The Hall–Kier alpha value is -1.43. The summed E-state index contributed by atoms with van der Waals surface area (Å²) in [6, 6.07) is 13.3. The molecule has 21 heavy (non-hydrogen) atoms. The summed E-state index contributed by atoms with van der Waals surface area (Å²) in [4.78, 5) is 0. The minimum absolute atomic E-state index is 0.0413. The van der Waals surface area contributed by atoms with Crippen molar-refractivity contribution in [3.05, 3.63) is 70.5 Å². The third kappa shape index (κ3) is 5.12. The molecular formula is C15H15ClFNO2S. The Balaban J connectivity index is 1.88. The minimum Gasteiger partial charge on any atom is -0.215 e. The minimum atomic E-state index is -3.38. The van der Waals surface area contributed by atoms with Crippen LogP contribution in [-0.2, 0) is 22.2 Å². The molecule has 0 radical (unpaired) electrons. The zero-order chi connectivity index (χ0) is 15.3. The number of nitrogens with one attached hydrogen (secondary N) is 1. The molecule has 0 aromatic heterocycles. The van der Waals surface area contributed by atoms with E-state index in [2.05, 4.69) is 4.72 Å². The SMILES string of the molecule is O=S(=O)(Cc1ccccc1)NCCc1ccc(F)c(Cl)c1. The van der Waals surface area contributed by atoms with Gasteiger partial charge >= 0.3 is 0 Å². The van der Waals surface area contributed by atoms with Crippen molar-refractivity contribution in [3.63, 3.8) is 0 Å². The molecule has 0 aliphatic heterocycles. The number of sulfonamides is 1. The molecule has 0 atom stereocenters. The van der Waals surface area contributed by atoms with Gasteiger partial charge in [-0.1, -0.05) is 48.0 Å². The lowest BCUT2D eigenvalue weighted by Crippen LogP contribution is -2.27. The van der Waals surface area contributed by atoms with Crippen LogP contribution in [-0.4, -0.2) is 15.0 Å². The van der Waals surface area contributed by atoms with Crippen molar-refractivity contribution in [3.8, 4) is 0 Å². The van der Waals surface area contributed by atoms with Crippen LogP contribution in [0.3, 0.4) is 0 Å². The normalized spacial score (nSPS) is 11.5. The van der Waals surface area contributed by atoms with E-state index in [1.807, 2.05) is 6.07 Å². The van der Waals surface area contributed by atoms with Gasteiger partial charge in [0, 0.05) is 6.54 Å². The molecule has 0 spiro atoms. The lowest BCUT2D eigenvalue weighted by molar-refractivity contribution is 0.580. The second-order valence-corrected chi connectivity index (χ2v) is 6.85. The Morgan fingerprint density at radius 1 is 1.05 bits per heavy atom. The molecule has 6 heteroatoms. The quantitative estimate of drug-likeness (QED) is 0.886. The molecule has 0 amide bonds. The van der Waals surface area contributed by atoms with Crippen molar-refractivity contribution in [1.29, 1.82) is 0 Å². The summed E-state index contributed by atoms with van der Waals surface area (Å²) in [6.45, 7) is 0.247. The lowest BCUT2D eigenvalue weighted by atomic mass is 10.1. The first kappa shape index (κ1) is 15.9. The van der Waals surface area contributed by atoms with Crippen LogP contribution >= 0.6 is 11.6 Å². The van der Waals surface area contributed by atoms with Gasteiger partial charge in [0.25, 0.3) is 0 Å². The van der Waals surface area contributed by atoms with Gasteiger partial charge in [-0.15, -0.1) is 0 Å². The first-order valence-electron chi connectivity index (χ1n) is 6.41. The molecule has 0 aliphatic carbocycles. The van der Waals surface area contributed by atoms with E-state index in [1.165, 1.54) is 12.1 Å². The van der Waals surface area contributed by atoms with Crippen LogP contribution in [0.4, 0.5) is 4.39 Å². The van der Waals surface area contributed by atoms with Crippen LogP contribution in [0.5, 0.6) is 0 Å². The van der Waals surface area contributed by atoms with Crippen molar-refractivity contribution in [1.82, 2.24) is 4.72 Å². The smallest absolute Gasteiger partial charge is 0.215 e. The van der Waals surface area contributed by atoms with Crippen molar-refractivity contribution >= 4 is 21.6 Å². The molecule has 1 N–H and O–H groups in total. The maximum atomic E-state index is 13.0. The number of hydrogen-bond acceptors (Lipinski definition) is 2. The molecular weight excluding hydrogens is 313 g/mol. The molecule has 0 aliphatic rings. The summed E-state index contributed by atoms with van der Waals surface area (Å²) in [6.07, 6.45) is 0.452. The van der Waals surface area contributed by atoms with Crippen molar-refractivity contribution in [2.45, 2.75) is 12.2 Å². The molecule has 0 saturated heterocycles. The summed E-state index contributed by atoms with van der Waals surface area (Å²) >= 11 is 5.68. The fourth-order valence-corrected chi connectivity index (χ4v) is 3.24. The highest BCUT2D eigenvalue weighted by molar-refractivity contribution is 7.88. The highest BCUT2D eigenvalue weighted by atomic mass is 35.5. The molecule has 0 unspecified atom stereocenters. The van der Waals surface area contributed by atoms with Gasteiger partial charge in [0.05, 0.1) is 10.8 Å². The van der Waals surface area contributed by atoms with Gasteiger partial charge in [0.15, 0.2) is 0 Å². The molecule has 2 rings (SSSR count). The summed E-state index contributed by atoms with van der Waals surface area (Å²) in [5, 5.41) is 0.0413. The van der Waals surface area contributed by atoms with E-state index in [-0.39, 0.29) is 17.3 Å². The monoisotopic (exact) mass is 327 g/mol. The predicted molar refractivity (Wildman–Crippen MR) is 82.2 cm³/mol. The van der Waals surface area contributed by atoms with Crippen LogP contribution in [0.2, 0.25) is 5.02 Å². The first-order chi connectivity index (χ1) is 9.96. The van der Waals surface area contributed by atoms with Crippen molar-refractivity contribution < 1.29 is 12.8 Å². The van der Waals surface area contributed by atoms with E-state index < -0.39 is 15.8 Å². The molecule has 0 bridgehead atoms. The second-order valence-electron chi connectivity index (χ2n) is 4.64. The fraction of sp³-hybridized carbons (Fsp3) is 0.200. The van der Waals surface area contributed by atoms with Gasteiger partial charge < -0.3 is 0 Å². The Bertz CT molecular complexity index is 705. The molecule has 2 aromatic carbocycles. The van der Waals surface area contributed by atoms with Gasteiger partial charge in [-0.05, 0) is 29.7 Å². The van der Waals surface area contributed by atoms with E-state index in [9.17, 15) is 12.8 Å². The van der Waals surface area contributed by atoms with Crippen LogP contribution in [0.1, 0.15) is 11.1 Å². The van der Waals surface area contributed by atoms with Gasteiger partial charge in [-0.3, -0.25) is 0 Å².